The molecule has 10 nitrogen and oxygen atoms in total. The van der Waals surface area contributed by atoms with Crippen LogP contribution in [0.4, 0.5) is 4.39 Å². The van der Waals surface area contributed by atoms with E-state index in [-0.39, 0.29) is 23.9 Å². The van der Waals surface area contributed by atoms with Crippen LogP contribution in [-0.2, 0) is 32.5 Å². The summed E-state index contributed by atoms with van der Waals surface area (Å²) in [5.41, 5.74) is 1.63. The molecule has 3 aromatic rings. The largest absolute Gasteiger partial charge is 0.379 e. The summed E-state index contributed by atoms with van der Waals surface area (Å²) < 4.78 is 44.2. The molecular weight excluding hydrogens is 501 g/mol. The highest BCUT2D eigenvalue weighted by Crippen LogP contribution is 2.27. The molecule has 1 saturated heterocycles. The van der Waals surface area contributed by atoms with E-state index < -0.39 is 31.9 Å². The predicted octanol–water partition coefficient (Wildman–Crippen LogP) is 1.37. The first-order valence-electron chi connectivity index (χ1n) is 11.9. The number of fused-ring (bicyclic) bond motifs is 1. The van der Waals surface area contributed by atoms with E-state index in [0.29, 0.717) is 24.3 Å². The van der Waals surface area contributed by atoms with Crippen LogP contribution in [-0.4, -0.2) is 78.6 Å². The van der Waals surface area contributed by atoms with Gasteiger partial charge in [-0.2, -0.15) is 0 Å². The molecule has 0 unspecified atom stereocenters. The van der Waals surface area contributed by atoms with Gasteiger partial charge in [0.1, 0.15) is 16.1 Å². The number of morpholine rings is 1. The third-order valence-corrected chi connectivity index (χ3v) is 8.94. The Morgan fingerprint density at radius 1 is 1.19 bits per heavy atom. The zero-order valence-electron chi connectivity index (χ0n) is 21.0. The zero-order chi connectivity index (χ0) is 26.8. The number of rotatable bonds is 8. The smallest absolute Gasteiger partial charge is 0.277 e. The Labute approximate surface area is 214 Å². The maximum absolute atomic E-state index is 15.1. The summed E-state index contributed by atoms with van der Waals surface area (Å²) in [5.74, 6) is -1.28. The molecule has 0 saturated carbocycles. The van der Waals surface area contributed by atoms with Gasteiger partial charge in [-0.25, -0.2) is 17.5 Å². The van der Waals surface area contributed by atoms with Crippen molar-refractivity contribution < 1.29 is 22.3 Å². The Morgan fingerprint density at radius 2 is 1.86 bits per heavy atom. The first kappa shape index (κ1) is 26.8. The van der Waals surface area contributed by atoms with Gasteiger partial charge in [-0.3, -0.25) is 14.5 Å². The van der Waals surface area contributed by atoms with Crippen molar-refractivity contribution in [3.8, 4) is 11.1 Å². The van der Waals surface area contributed by atoms with Gasteiger partial charge >= 0.3 is 0 Å². The van der Waals surface area contributed by atoms with Gasteiger partial charge < -0.3 is 10.1 Å². The van der Waals surface area contributed by atoms with Crippen LogP contribution in [0.3, 0.4) is 0 Å². The fourth-order valence-electron chi connectivity index (χ4n) is 4.32. The number of benzene rings is 2. The Kier molecular flexibility index (Phi) is 7.72. The maximum Gasteiger partial charge on any atom is 0.277 e. The highest BCUT2D eigenvalue weighted by molar-refractivity contribution is 7.92. The van der Waals surface area contributed by atoms with Crippen LogP contribution in [0.1, 0.15) is 18.9 Å². The van der Waals surface area contributed by atoms with E-state index >= 15 is 4.39 Å². The molecule has 198 valence electrons. The first-order valence-corrected chi connectivity index (χ1v) is 13.8. The van der Waals surface area contributed by atoms with Crippen LogP contribution in [0, 0.1) is 5.82 Å². The molecule has 1 aliphatic rings. The average molecular weight is 532 g/mol. The highest BCUT2D eigenvalue weighted by atomic mass is 32.2. The van der Waals surface area contributed by atoms with E-state index in [9.17, 15) is 18.0 Å². The van der Waals surface area contributed by atoms with Crippen LogP contribution in [0.25, 0.3) is 22.0 Å². The summed E-state index contributed by atoms with van der Waals surface area (Å²) in [4.78, 5) is 27.6. The summed E-state index contributed by atoms with van der Waals surface area (Å²) in [6.45, 7) is 5.06. The fraction of sp³-hybridized carbons (Fsp3) is 0.440. The topological polar surface area (TPSA) is 123 Å². The van der Waals surface area contributed by atoms with Crippen molar-refractivity contribution >= 4 is 26.6 Å². The summed E-state index contributed by atoms with van der Waals surface area (Å²) in [5, 5.41) is 10.3. The molecule has 0 radical (unpaired) electrons. The number of carbonyl (C=O) groups is 1. The van der Waals surface area contributed by atoms with Crippen molar-refractivity contribution in [1.29, 1.82) is 0 Å². The van der Waals surface area contributed by atoms with Gasteiger partial charge in [-0.05, 0) is 36.6 Å². The average Bonchev–Trinajstić information content (AvgIpc) is 2.88. The molecule has 4 rings (SSSR count). The summed E-state index contributed by atoms with van der Waals surface area (Å²) >= 11 is 0. The summed E-state index contributed by atoms with van der Waals surface area (Å²) in [7, 11) is -2.46. The molecular formula is C25H30FN5O5S. The Balaban J connectivity index is 1.58. The van der Waals surface area contributed by atoms with Crippen molar-refractivity contribution in [2.75, 3.05) is 39.6 Å². The van der Waals surface area contributed by atoms with E-state index in [0.717, 1.165) is 42.2 Å². The monoisotopic (exact) mass is 531 g/mol. The number of aryl methyl sites for hydroxylation is 1. The number of amides is 1. The number of hydrogen-bond acceptors (Lipinski definition) is 8. The third kappa shape index (κ3) is 5.55. The molecule has 12 heteroatoms. The van der Waals surface area contributed by atoms with Gasteiger partial charge in [0.15, 0.2) is 9.84 Å². The highest BCUT2D eigenvalue weighted by Gasteiger charge is 2.42. The molecule has 0 aliphatic carbocycles. The van der Waals surface area contributed by atoms with E-state index in [1.807, 2.05) is 24.3 Å². The molecule has 37 heavy (non-hydrogen) atoms. The maximum atomic E-state index is 15.1. The van der Waals surface area contributed by atoms with Gasteiger partial charge in [0.25, 0.3) is 5.56 Å². The van der Waals surface area contributed by atoms with Gasteiger partial charge in [0.2, 0.25) is 5.91 Å². The molecule has 1 N–H and O–H groups in total. The number of nitrogens with zero attached hydrogens (tertiary/aromatic N) is 4. The number of hydrogen-bond donors (Lipinski definition) is 1. The molecule has 1 fully saturated rings. The second-order valence-corrected chi connectivity index (χ2v) is 11.8. The lowest BCUT2D eigenvalue weighted by atomic mass is 10.0. The Hall–Kier alpha value is -3.22. The normalized spacial score (nSPS) is 16.4. The third-order valence-electron chi connectivity index (χ3n) is 6.91. The van der Waals surface area contributed by atoms with Crippen molar-refractivity contribution in [2.24, 2.45) is 0 Å². The molecule has 1 aliphatic heterocycles. The van der Waals surface area contributed by atoms with Gasteiger partial charge in [0, 0.05) is 45.0 Å². The van der Waals surface area contributed by atoms with Crippen LogP contribution < -0.4 is 10.9 Å². The fourth-order valence-corrected chi connectivity index (χ4v) is 5.22. The molecule has 0 spiro atoms. The SMILES string of the molecule is CNC(=O)[C@@](C)(CCn1nnc2cc(-c3ccc(CN4CCOCC4)cc3)c(F)cc2c1=O)S(C)(=O)=O. The molecule has 2 aromatic carbocycles. The second kappa shape index (κ2) is 10.6. The van der Waals surface area contributed by atoms with Crippen molar-refractivity contribution in [1.82, 2.24) is 25.2 Å². The lowest BCUT2D eigenvalue weighted by Crippen LogP contribution is -2.49. The molecule has 1 atom stereocenters. The quantitative estimate of drug-likeness (QED) is 0.462. The van der Waals surface area contributed by atoms with E-state index in [1.54, 1.807) is 0 Å². The predicted molar refractivity (Wildman–Crippen MR) is 137 cm³/mol. The van der Waals surface area contributed by atoms with Crippen LogP contribution in [0.5, 0.6) is 0 Å². The first-order chi connectivity index (χ1) is 17.5. The minimum absolute atomic E-state index is 0.0150. The van der Waals surface area contributed by atoms with Crippen LogP contribution in [0.2, 0.25) is 0 Å². The summed E-state index contributed by atoms with van der Waals surface area (Å²) in [6, 6.07) is 10.2. The Bertz CT molecular complexity index is 1470. The lowest BCUT2D eigenvalue weighted by Gasteiger charge is -2.26. The number of halogens is 1. The van der Waals surface area contributed by atoms with Crippen molar-refractivity contribution in [3.63, 3.8) is 0 Å². The van der Waals surface area contributed by atoms with Crippen molar-refractivity contribution in [2.45, 2.75) is 31.2 Å². The van der Waals surface area contributed by atoms with Crippen LogP contribution in [0.15, 0.2) is 41.2 Å². The lowest BCUT2D eigenvalue weighted by molar-refractivity contribution is -0.123. The zero-order valence-corrected chi connectivity index (χ0v) is 21.8. The molecule has 1 aromatic heterocycles. The van der Waals surface area contributed by atoms with Crippen LogP contribution >= 0.6 is 0 Å². The molecule has 2 heterocycles. The standard InChI is InChI=1S/C25H30FN5O5S/c1-25(24(33)27-2,37(3,34)35)8-9-31-23(32)20-14-21(26)19(15-22(20)28-29-31)18-6-4-17(5-7-18)16-30-10-12-36-13-11-30/h4-7,14-15H,8-13,16H2,1-3H3,(H,27,33)/t25-/m1/s1. The second-order valence-electron chi connectivity index (χ2n) is 9.38. The minimum Gasteiger partial charge on any atom is -0.379 e. The number of sulfone groups is 1. The van der Waals surface area contributed by atoms with E-state index in [4.69, 9.17) is 4.74 Å². The van der Waals surface area contributed by atoms with E-state index in [2.05, 4.69) is 20.5 Å². The van der Waals surface area contributed by atoms with Gasteiger partial charge in [-0.1, -0.05) is 29.5 Å². The minimum atomic E-state index is -3.80. The number of carbonyl (C=O) groups excluding carboxylic acids is 1. The van der Waals surface area contributed by atoms with Gasteiger partial charge in [0.05, 0.1) is 18.6 Å². The molecule has 0 bridgehead atoms. The summed E-state index contributed by atoms with van der Waals surface area (Å²) in [6.07, 6.45) is 0.756. The number of aromatic nitrogens is 3. The van der Waals surface area contributed by atoms with Crippen molar-refractivity contribution in [3.05, 3.63) is 58.1 Å². The number of nitrogens with one attached hydrogen (secondary N) is 1. The van der Waals surface area contributed by atoms with Gasteiger partial charge in [-0.15, -0.1) is 5.10 Å². The Morgan fingerprint density at radius 3 is 2.49 bits per heavy atom. The van der Waals surface area contributed by atoms with E-state index in [1.165, 1.54) is 20.0 Å². The number of ether oxygens (including phenoxy) is 1. The molecule has 1 amide bonds.